The molecule has 0 bridgehead atoms. The van der Waals surface area contributed by atoms with Crippen LogP contribution in [-0.4, -0.2) is 53.1 Å². The molecule has 3 rings (SSSR count). The highest BCUT2D eigenvalue weighted by Gasteiger charge is 2.36. The number of aromatic nitrogens is 2. The summed E-state index contributed by atoms with van der Waals surface area (Å²) in [6, 6.07) is 5.07. The predicted molar refractivity (Wildman–Crippen MR) is 105 cm³/mol. The van der Waals surface area contributed by atoms with Gasteiger partial charge in [0.2, 0.25) is 0 Å². The third-order valence-electron chi connectivity index (χ3n) is 4.96. The molecule has 0 radical (unpaired) electrons. The average molecular weight is 387 g/mol. The molecule has 1 aromatic carbocycles. The summed E-state index contributed by atoms with van der Waals surface area (Å²) in [4.78, 5) is 22.6. The standard InChI is InChI=1S/C20H26FN5O2/c1-4-23-20(26-11-14(2)16(12-26)19(27)28-3)24-10-15-5-6-18(17(21)9-15)25-8-7-22-13-25/h5-9,13-14,16H,4,10-12H2,1-3H3,(H,23,24). The Kier molecular flexibility index (Phi) is 6.28. The third-order valence-corrected chi connectivity index (χ3v) is 4.96. The quantitative estimate of drug-likeness (QED) is 0.484. The number of guanidine groups is 1. The van der Waals surface area contributed by atoms with Crippen LogP contribution in [0.5, 0.6) is 0 Å². The first-order valence-electron chi connectivity index (χ1n) is 9.41. The van der Waals surface area contributed by atoms with E-state index in [-0.39, 0.29) is 23.6 Å². The van der Waals surface area contributed by atoms with Crippen molar-refractivity contribution in [3.63, 3.8) is 0 Å². The lowest BCUT2D eigenvalue weighted by atomic mass is 9.99. The molecule has 1 aromatic heterocycles. The molecule has 2 aromatic rings. The Morgan fingerprint density at radius 2 is 2.25 bits per heavy atom. The van der Waals surface area contributed by atoms with Crippen molar-refractivity contribution in [2.45, 2.75) is 20.4 Å². The normalized spacial score (nSPS) is 19.7. The van der Waals surface area contributed by atoms with Gasteiger partial charge in [-0.05, 0) is 30.5 Å². The molecule has 1 fully saturated rings. The number of methoxy groups -OCH3 is 1. The number of nitrogens with one attached hydrogen (secondary N) is 1. The van der Waals surface area contributed by atoms with Crippen LogP contribution in [0.2, 0.25) is 0 Å². The first-order valence-corrected chi connectivity index (χ1v) is 9.41. The lowest BCUT2D eigenvalue weighted by Crippen LogP contribution is -2.40. The van der Waals surface area contributed by atoms with Crippen molar-refractivity contribution >= 4 is 11.9 Å². The van der Waals surface area contributed by atoms with E-state index in [1.807, 2.05) is 19.9 Å². The Balaban J connectivity index is 1.73. The first kappa shape index (κ1) is 19.9. The van der Waals surface area contributed by atoms with Crippen LogP contribution < -0.4 is 5.32 Å². The van der Waals surface area contributed by atoms with Crippen molar-refractivity contribution in [1.29, 1.82) is 0 Å². The number of likely N-dealkylation sites (tertiary alicyclic amines) is 1. The largest absolute Gasteiger partial charge is 0.469 e. The molecular weight excluding hydrogens is 361 g/mol. The SMILES string of the molecule is CCNC(=NCc1ccc(-n2ccnc2)c(F)c1)N1CC(C)C(C(=O)OC)C1. The van der Waals surface area contributed by atoms with Crippen molar-refractivity contribution in [2.24, 2.45) is 16.8 Å². The van der Waals surface area contributed by atoms with Crippen LogP contribution in [0.4, 0.5) is 4.39 Å². The molecule has 1 N–H and O–H groups in total. The number of imidazole rings is 1. The van der Waals surface area contributed by atoms with Crippen molar-refractivity contribution in [1.82, 2.24) is 19.8 Å². The molecular formula is C20H26FN5O2. The van der Waals surface area contributed by atoms with E-state index in [9.17, 15) is 9.18 Å². The number of ether oxygens (including phenoxy) is 1. The zero-order valence-electron chi connectivity index (χ0n) is 16.4. The van der Waals surface area contributed by atoms with Crippen LogP contribution in [-0.2, 0) is 16.1 Å². The van der Waals surface area contributed by atoms with Crippen molar-refractivity contribution in [3.05, 3.63) is 48.3 Å². The van der Waals surface area contributed by atoms with Crippen LogP contribution in [0.3, 0.4) is 0 Å². The van der Waals surface area contributed by atoms with Gasteiger partial charge in [-0.25, -0.2) is 14.4 Å². The van der Waals surface area contributed by atoms with Gasteiger partial charge in [-0.1, -0.05) is 13.0 Å². The molecule has 150 valence electrons. The highest BCUT2D eigenvalue weighted by molar-refractivity contribution is 5.82. The highest BCUT2D eigenvalue weighted by atomic mass is 19.1. The molecule has 0 amide bonds. The number of carbonyl (C=O) groups is 1. The Hall–Kier alpha value is -2.90. The first-order chi connectivity index (χ1) is 13.5. The van der Waals surface area contributed by atoms with Gasteiger partial charge in [0.1, 0.15) is 5.82 Å². The van der Waals surface area contributed by atoms with Gasteiger partial charge >= 0.3 is 5.97 Å². The number of esters is 1. The molecule has 2 unspecified atom stereocenters. The second-order valence-electron chi connectivity index (χ2n) is 6.94. The summed E-state index contributed by atoms with van der Waals surface area (Å²) >= 11 is 0. The number of hydrogen-bond donors (Lipinski definition) is 1. The maximum atomic E-state index is 14.4. The number of aliphatic imine (C=N–C) groups is 1. The van der Waals surface area contributed by atoms with E-state index in [1.165, 1.54) is 13.2 Å². The number of benzene rings is 1. The van der Waals surface area contributed by atoms with Gasteiger partial charge in [0.25, 0.3) is 0 Å². The third kappa shape index (κ3) is 4.32. The van der Waals surface area contributed by atoms with Crippen molar-refractivity contribution in [2.75, 3.05) is 26.7 Å². The minimum absolute atomic E-state index is 0.166. The second-order valence-corrected chi connectivity index (χ2v) is 6.94. The van der Waals surface area contributed by atoms with E-state index in [0.717, 1.165) is 18.1 Å². The van der Waals surface area contributed by atoms with E-state index in [2.05, 4.69) is 20.2 Å². The molecule has 1 saturated heterocycles. The van der Waals surface area contributed by atoms with Gasteiger partial charge < -0.3 is 19.5 Å². The van der Waals surface area contributed by atoms with Gasteiger partial charge in [0, 0.05) is 32.0 Å². The Morgan fingerprint density at radius 3 is 2.89 bits per heavy atom. The molecule has 0 spiro atoms. The summed E-state index contributed by atoms with van der Waals surface area (Å²) in [5.74, 6) is 0.225. The van der Waals surface area contributed by atoms with Crippen LogP contribution in [0.15, 0.2) is 41.9 Å². The van der Waals surface area contributed by atoms with Crippen LogP contribution in [0.25, 0.3) is 5.69 Å². The fraction of sp³-hybridized carbons (Fsp3) is 0.450. The zero-order chi connectivity index (χ0) is 20.1. The number of halogens is 1. The number of carbonyl (C=O) groups excluding carboxylic acids is 1. The molecule has 1 aliphatic heterocycles. The molecule has 0 saturated carbocycles. The van der Waals surface area contributed by atoms with Crippen LogP contribution in [0.1, 0.15) is 19.4 Å². The predicted octanol–water partition coefficient (Wildman–Crippen LogP) is 2.22. The lowest BCUT2D eigenvalue weighted by molar-refractivity contribution is -0.145. The number of nitrogens with zero attached hydrogens (tertiary/aromatic N) is 4. The van der Waals surface area contributed by atoms with Crippen LogP contribution >= 0.6 is 0 Å². The smallest absolute Gasteiger partial charge is 0.310 e. The monoisotopic (exact) mass is 387 g/mol. The Bertz CT molecular complexity index is 837. The number of hydrogen-bond acceptors (Lipinski definition) is 4. The maximum Gasteiger partial charge on any atom is 0.310 e. The highest BCUT2D eigenvalue weighted by Crippen LogP contribution is 2.24. The van der Waals surface area contributed by atoms with E-state index < -0.39 is 0 Å². The van der Waals surface area contributed by atoms with E-state index in [1.54, 1.807) is 29.4 Å². The summed E-state index contributed by atoms with van der Waals surface area (Å²) < 4.78 is 21.0. The summed E-state index contributed by atoms with van der Waals surface area (Å²) in [5, 5.41) is 3.26. The van der Waals surface area contributed by atoms with Gasteiger partial charge in [0.15, 0.2) is 5.96 Å². The van der Waals surface area contributed by atoms with Crippen LogP contribution in [0, 0.1) is 17.7 Å². The van der Waals surface area contributed by atoms with Gasteiger partial charge in [-0.15, -0.1) is 0 Å². The van der Waals surface area contributed by atoms with Crippen molar-refractivity contribution < 1.29 is 13.9 Å². The molecule has 2 heterocycles. The summed E-state index contributed by atoms with van der Waals surface area (Å²) in [5.41, 5.74) is 1.22. The Labute approximate surface area is 164 Å². The van der Waals surface area contributed by atoms with Gasteiger partial charge in [-0.2, -0.15) is 0 Å². The molecule has 7 nitrogen and oxygen atoms in total. The topological polar surface area (TPSA) is 71.8 Å². The van der Waals surface area contributed by atoms with E-state index in [4.69, 9.17) is 4.74 Å². The van der Waals surface area contributed by atoms with E-state index >= 15 is 0 Å². The summed E-state index contributed by atoms with van der Waals surface area (Å²) in [7, 11) is 1.42. The fourth-order valence-electron chi connectivity index (χ4n) is 3.45. The minimum atomic E-state index is -0.323. The molecule has 0 aliphatic carbocycles. The van der Waals surface area contributed by atoms with Crippen molar-refractivity contribution in [3.8, 4) is 5.69 Å². The second kappa shape index (κ2) is 8.86. The van der Waals surface area contributed by atoms with Gasteiger partial charge in [0.05, 0.1) is 31.6 Å². The summed E-state index contributed by atoms with van der Waals surface area (Å²) in [6.07, 6.45) is 4.87. The zero-order valence-corrected chi connectivity index (χ0v) is 16.4. The molecule has 8 heteroatoms. The maximum absolute atomic E-state index is 14.4. The molecule has 2 atom stereocenters. The average Bonchev–Trinajstić information content (AvgIpc) is 3.34. The number of rotatable bonds is 5. The van der Waals surface area contributed by atoms with Gasteiger partial charge in [-0.3, -0.25) is 4.79 Å². The molecule has 28 heavy (non-hydrogen) atoms. The minimum Gasteiger partial charge on any atom is -0.469 e. The Morgan fingerprint density at radius 1 is 1.43 bits per heavy atom. The summed E-state index contributed by atoms with van der Waals surface area (Å²) in [6.45, 7) is 6.37. The fourth-order valence-corrected chi connectivity index (χ4v) is 3.45. The lowest BCUT2D eigenvalue weighted by Gasteiger charge is -2.21. The molecule has 1 aliphatic rings. The van der Waals surface area contributed by atoms with E-state index in [0.29, 0.717) is 25.3 Å².